The second-order valence-electron chi connectivity index (χ2n) is 9.38. The lowest BCUT2D eigenvalue weighted by Gasteiger charge is -2.25. The molecule has 170 valence electrons. The van der Waals surface area contributed by atoms with E-state index in [4.69, 9.17) is 0 Å². The molecular weight excluding hydrogens is 424 g/mol. The molecule has 3 aromatic carbocycles. The molecule has 0 aliphatic rings. The van der Waals surface area contributed by atoms with Crippen LogP contribution in [-0.2, 0) is 6.18 Å². The molecule has 0 radical (unpaired) electrons. The van der Waals surface area contributed by atoms with Crippen molar-refractivity contribution in [1.82, 2.24) is 0 Å². The molecule has 0 saturated heterocycles. The van der Waals surface area contributed by atoms with Crippen molar-refractivity contribution >= 4 is 14.5 Å². The minimum Gasteiger partial charge on any atom is -0.166 e. The van der Waals surface area contributed by atoms with Crippen molar-refractivity contribution in [3.05, 3.63) is 76.9 Å². The molecule has 0 amide bonds. The van der Waals surface area contributed by atoms with E-state index in [1.165, 1.54) is 22.3 Å². The molecule has 0 aliphatic carbocycles. The number of rotatable bonds is 5. The molecule has 0 aromatic heterocycles. The summed E-state index contributed by atoms with van der Waals surface area (Å²) >= 11 is 0. The number of benzene rings is 3. The van der Waals surface area contributed by atoms with E-state index in [0.29, 0.717) is 17.8 Å². The van der Waals surface area contributed by atoms with Crippen LogP contribution < -0.4 is 5.30 Å². The molecule has 0 spiro atoms. The third-order valence-electron chi connectivity index (χ3n) is 6.03. The molecule has 0 saturated carbocycles. The first kappa shape index (κ1) is 24.5. The highest BCUT2D eigenvalue weighted by atomic mass is 31.0. The van der Waals surface area contributed by atoms with Crippen LogP contribution in [-0.4, -0.2) is 0 Å². The van der Waals surface area contributed by atoms with Gasteiger partial charge in [0.05, 0.1) is 5.56 Å². The number of hydrogen-bond donors (Lipinski definition) is 0. The smallest absolute Gasteiger partial charge is 0.166 e. The van der Waals surface area contributed by atoms with E-state index < -0.39 is 11.7 Å². The lowest BCUT2D eigenvalue weighted by molar-refractivity contribution is -0.137. The number of hydrogen-bond acceptors (Lipinski definition) is 0. The van der Waals surface area contributed by atoms with Gasteiger partial charge in [0.25, 0.3) is 0 Å². The Bertz CT molecular complexity index is 1060. The van der Waals surface area contributed by atoms with E-state index >= 15 is 0 Å². The topological polar surface area (TPSA) is 0 Å². The molecule has 4 heteroatoms. The van der Waals surface area contributed by atoms with Gasteiger partial charge in [-0.25, -0.2) is 0 Å². The lowest BCUT2D eigenvalue weighted by atomic mass is 9.81. The number of alkyl halides is 3. The Hall–Kier alpha value is -2.12. The van der Waals surface area contributed by atoms with Gasteiger partial charge in [0.1, 0.15) is 0 Å². The van der Waals surface area contributed by atoms with Gasteiger partial charge in [0.15, 0.2) is 0 Å². The summed E-state index contributed by atoms with van der Waals surface area (Å²) in [5.41, 5.74) is 7.41. The minimum atomic E-state index is -4.33. The molecule has 0 heterocycles. The number of halogens is 3. The maximum atomic E-state index is 13.0. The second kappa shape index (κ2) is 9.40. The molecule has 3 aromatic rings. The predicted octanol–water partition coefficient (Wildman–Crippen LogP) is 8.91. The second-order valence-corrected chi connectivity index (χ2v) is 9.96. The Kier molecular flexibility index (Phi) is 7.20. The first-order valence-electron chi connectivity index (χ1n) is 11.2. The van der Waals surface area contributed by atoms with Gasteiger partial charge in [0.2, 0.25) is 0 Å². The van der Waals surface area contributed by atoms with Gasteiger partial charge >= 0.3 is 6.18 Å². The average Bonchev–Trinajstić information content (AvgIpc) is 2.72. The summed E-state index contributed by atoms with van der Waals surface area (Å²) in [6, 6.07) is 16.2. The van der Waals surface area contributed by atoms with Crippen LogP contribution in [0.15, 0.2) is 54.6 Å². The molecule has 32 heavy (non-hydrogen) atoms. The quantitative estimate of drug-likeness (QED) is 0.336. The first-order valence-corrected chi connectivity index (χ1v) is 11.7. The van der Waals surface area contributed by atoms with Gasteiger partial charge in [-0.05, 0) is 74.1 Å². The molecular formula is C28H32F3P. The molecule has 0 N–H and O–H groups in total. The first-order chi connectivity index (χ1) is 14.9. The molecule has 0 aliphatic heterocycles. The lowest BCUT2D eigenvalue weighted by Crippen LogP contribution is -2.09. The van der Waals surface area contributed by atoms with Crippen molar-refractivity contribution in [3.63, 3.8) is 0 Å². The maximum absolute atomic E-state index is 13.0. The Morgan fingerprint density at radius 2 is 1.19 bits per heavy atom. The average molecular weight is 457 g/mol. The highest BCUT2D eigenvalue weighted by molar-refractivity contribution is 7.28. The molecule has 0 bridgehead atoms. The van der Waals surface area contributed by atoms with E-state index in [1.54, 1.807) is 12.1 Å². The summed E-state index contributed by atoms with van der Waals surface area (Å²) in [5, 5.41) is 1.01. The van der Waals surface area contributed by atoms with E-state index in [9.17, 15) is 13.2 Å². The van der Waals surface area contributed by atoms with Crippen molar-refractivity contribution in [2.45, 2.75) is 65.5 Å². The van der Waals surface area contributed by atoms with Crippen molar-refractivity contribution in [3.8, 4) is 22.3 Å². The minimum absolute atomic E-state index is 0.348. The Labute approximate surface area is 192 Å². The van der Waals surface area contributed by atoms with Crippen LogP contribution in [0.4, 0.5) is 13.2 Å². The van der Waals surface area contributed by atoms with Gasteiger partial charge in [-0.15, -0.1) is 9.24 Å². The highest BCUT2D eigenvalue weighted by Crippen LogP contribution is 2.40. The zero-order chi connectivity index (χ0) is 23.8. The fraction of sp³-hybridized carbons (Fsp3) is 0.357. The van der Waals surface area contributed by atoms with Gasteiger partial charge < -0.3 is 0 Å². The Balaban J connectivity index is 2.24. The Morgan fingerprint density at radius 1 is 0.688 bits per heavy atom. The Morgan fingerprint density at radius 3 is 1.62 bits per heavy atom. The van der Waals surface area contributed by atoms with Crippen LogP contribution in [0.25, 0.3) is 22.3 Å². The molecule has 0 fully saturated rings. The third-order valence-corrected chi connectivity index (χ3v) is 6.65. The van der Waals surface area contributed by atoms with Crippen LogP contribution in [0.3, 0.4) is 0 Å². The predicted molar refractivity (Wildman–Crippen MR) is 134 cm³/mol. The van der Waals surface area contributed by atoms with E-state index in [0.717, 1.165) is 34.1 Å². The fourth-order valence-electron chi connectivity index (χ4n) is 4.14. The van der Waals surface area contributed by atoms with Gasteiger partial charge in [-0.1, -0.05) is 84.0 Å². The fourth-order valence-corrected chi connectivity index (χ4v) is 4.64. The molecule has 1 atom stereocenters. The van der Waals surface area contributed by atoms with E-state index in [-0.39, 0.29) is 0 Å². The maximum Gasteiger partial charge on any atom is 0.416 e. The molecule has 3 rings (SSSR count). The van der Waals surface area contributed by atoms with Crippen LogP contribution in [0.1, 0.15) is 81.5 Å². The summed E-state index contributed by atoms with van der Waals surface area (Å²) in [6.07, 6.45) is -4.33. The summed E-state index contributed by atoms with van der Waals surface area (Å²) in [4.78, 5) is 0. The standard InChI is InChI=1S/C28H32F3P/c1-16(2)20-14-24(17(3)4)26(25(15-20)18(5)6)23-9-7-8-22(27(23)32)19-10-12-21(13-11-19)28(29,30)31/h7-18H,32H2,1-6H3. The normalized spacial score (nSPS) is 12.3. The molecule has 1 unspecified atom stereocenters. The van der Waals surface area contributed by atoms with Crippen molar-refractivity contribution in [1.29, 1.82) is 0 Å². The van der Waals surface area contributed by atoms with Gasteiger partial charge in [0, 0.05) is 0 Å². The van der Waals surface area contributed by atoms with Gasteiger partial charge in [-0.2, -0.15) is 13.2 Å². The van der Waals surface area contributed by atoms with Crippen LogP contribution in [0.2, 0.25) is 0 Å². The van der Waals surface area contributed by atoms with Crippen molar-refractivity contribution < 1.29 is 13.2 Å². The molecule has 0 nitrogen and oxygen atoms in total. The zero-order valence-corrected chi connectivity index (χ0v) is 20.8. The van der Waals surface area contributed by atoms with E-state index in [1.807, 2.05) is 12.1 Å². The summed E-state index contributed by atoms with van der Waals surface area (Å²) in [5.74, 6) is 1.13. The van der Waals surface area contributed by atoms with Gasteiger partial charge in [-0.3, -0.25) is 0 Å². The van der Waals surface area contributed by atoms with E-state index in [2.05, 4.69) is 69.0 Å². The van der Waals surface area contributed by atoms with Crippen LogP contribution >= 0.6 is 9.24 Å². The highest BCUT2D eigenvalue weighted by Gasteiger charge is 2.30. The summed E-state index contributed by atoms with van der Waals surface area (Å²) in [6.45, 7) is 13.3. The van der Waals surface area contributed by atoms with Crippen molar-refractivity contribution in [2.75, 3.05) is 0 Å². The van der Waals surface area contributed by atoms with Crippen molar-refractivity contribution in [2.24, 2.45) is 0 Å². The van der Waals surface area contributed by atoms with Crippen LogP contribution in [0, 0.1) is 0 Å². The largest absolute Gasteiger partial charge is 0.416 e. The summed E-state index contributed by atoms with van der Waals surface area (Å²) in [7, 11) is 2.84. The third kappa shape index (κ3) is 4.94. The monoisotopic (exact) mass is 456 g/mol. The zero-order valence-electron chi connectivity index (χ0n) is 19.6. The SMILES string of the molecule is CC(C)c1cc(C(C)C)c(-c2cccc(-c3ccc(C(F)(F)F)cc3)c2P)c(C(C)C)c1. The summed E-state index contributed by atoms with van der Waals surface area (Å²) < 4.78 is 39.0. The van der Waals surface area contributed by atoms with Crippen LogP contribution in [0.5, 0.6) is 0 Å².